The summed E-state index contributed by atoms with van der Waals surface area (Å²) in [6, 6.07) is 1.19. The molecule has 0 saturated heterocycles. The van der Waals surface area contributed by atoms with Crippen LogP contribution in [-0.2, 0) is 5.60 Å². The van der Waals surface area contributed by atoms with Crippen LogP contribution in [0.3, 0.4) is 0 Å². The first-order valence-corrected chi connectivity index (χ1v) is 4.92. The highest BCUT2D eigenvalue weighted by molar-refractivity contribution is 6.31. The van der Waals surface area contributed by atoms with Gasteiger partial charge < -0.3 is 9.84 Å². The molecule has 0 radical (unpaired) electrons. The van der Waals surface area contributed by atoms with Gasteiger partial charge in [0.2, 0.25) is 0 Å². The van der Waals surface area contributed by atoms with Crippen molar-refractivity contribution in [3.8, 4) is 5.75 Å². The van der Waals surface area contributed by atoms with Crippen molar-refractivity contribution in [3.05, 3.63) is 28.0 Å². The smallest absolute Gasteiger partial charge is 0.166 e. The fourth-order valence-corrected chi connectivity index (χ4v) is 1.82. The van der Waals surface area contributed by atoms with Crippen LogP contribution in [0.1, 0.15) is 25.0 Å². The van der Waals surface area contributed by atoms with E-state index in [4.69, 9.17) is 16.3 Å². The van der Waals surface area contributed by atoms with Crippen LogP contribution < -0.4 is 4.74 Å². The molecule has 2 nitrogen and oxygen atoms in total. The number of rotatable bonds is 2. The lowest BCUT2D eigenvalue weighted by Crippen LogP contribution is -2.19. The Labute approximate surface area is 93.6 Å². The number of benzene rings is 1. The average molecular weight is 233 g/mol. The molecule has 15 heavy (non-hydrogen) atoms. The molecule has 0 atom stereocenters. The first-order valence-electron chi connectivity index (χ1n) is 4.54. The van der Waals surface area contributed by atoms with E-state index in [-0.39, 0.29) is 10.8 Å². The molecule has 0 fully saturated rings. The minimum atomic E-state index is -1.19. The third-order valence-corrected chi connectivity index (χ3v) is 2.64. The van der Waals surface area contributed by atoms with Gasteiger partial charge in [0.1, 0.15) is 0 Å². The Kier molecular flexibility index (Phi) is 3.26. The monoisotopic (exact) mass is 232 g/mol. The second kappa shape index (κ2) is 3.99. The van der Waals surface area contributed by atoms with Crippen molar-refractivity contribution >= 4 is 11.6 Å². The molecule has 0 aliphatic rings. The number of ether oxygens (including phenoxy) is 1. The number of hydrogen-bond acceptors (Lipinski definition) is 2. The molecule has 84 valence electrons. The summed E-state index contributed by atoms with van der Waals surface area (Å²) in [7, 11) is 1.36. The van der Waals surface area contributed by atoms with Crippen molar-refractivity contribution < 1.29 is 14.2 Å². The number of aliphatic hydroxyl groups is 1. The highest BCUT2D eigenvalue weighted by Gasteiger charge is 2.27. The average Bonchev–Trinajstić information content (AvgIpc) is 2.08. The van der Waals surface area contributed by atoms with E-state index < -0.39 is 11.4 Å². The van der Waals surface area contributed by atoms with E-state index >= 15 is 0 Å². The lowest BCUT2D eigenvalue weighted by atomic mass is 9.92. The molecule has 1 aromatic rings. The summed E-state index contributed by atoms with van der Waals surface area (Å²) in [6.45, 7) is 4.85. The zero-order valence-corrected chi connectivity index (χ0v) is 9.94. The van der Waals surface area contributed by atoms with E-state index in [1.165, 1.54) is 13.2 Å². The third-order valence-electron chi connectivity index (χ3n) is 2.25. The number of methoxy groups -OCH3 is 1. The van der Waals surface area contributed by atoms with Gasteiger partial charge in [0.05, 0.1) is 12.7 Å². The molecular weight excluding hydrogens is 219 g/mol. The zero-order chi connectivity index (χ0) is 11.8. The molecule has 4 heteroatoms. The van der Waals surface area contributed by atoms with Gasteiger partial charge in [-0.25, -0.2) is 4.39 Å². The molecule has 0 unspecified atom stereocenters. The predicted molar refractivity (Wildman–Crippen MR) is 57.9 cm³/mol. The van der Waals surface area contributed by atoms with Crippen LogP contribution in [0.5, 0.6) is 5.75 Å². The summed E-state index contributed by atoms with van der Waals surface area (Å²) in [4.78, 5) is 0. The van der Waals surface area contributed by atoms with Gasteiger partial charge in [-0.15, -0.1) is 0 Å². The van der Waals surface area contributed by atoms with Gasteiger partial charge in [-0.2, -0.15) is 0 Å². The van der Waals surface area contributed by atoms with Crippen LogP contribution in [0.2, 0.25) is 5.02 Å². The van der Waals surface area contributed by atoms with Crippen molar-refractivity contribution in [1.82, 2.24) is 0 Å². The predicted octanol–water partition coefficient (Wildman–Crippen LogP) is 3.02. The Morgan fingerprint density at radius 3 is 2.40 bits per heavy atom. The highest BCUT2D eigenvalue weighted by atomic mass is 35.5. The van der Waals surface area contributed by atoms with Crippen molar-refractivity contribution in [3.63, 3.8) is 0 Å². The van der Waals surface area contributed by atoms with Gasteiger partial charge in [0.25, 0.3) is 0 Å². The summed E-state index contributed by atoms with van der Waals surface area (Å²) < 4.78 is 18.4. The second-order valence-electron chi connectivity index (χ2n) is 3.93. The fourth-order valence-electron chi connectivity index (χ4n) is 1.63. The topological polar surface area (TPSA) is 29.5 Å². The van der Waals surface area contributed by atoms with Gasteiger partial charge in [-0.1, -0.05) is 11.6 Å². The SMILES string of the molecule is COc1c(F)cc(Cl)c(C)c1C(C)(C)O. The lowest BCUT2D eigenvalue weighted by Gasteiger charge is -2.24. The van der Waals surface area contributed by atoms with Crippen LogP contribution in [0, 0.1) is 12.7 Å². The molecule has 0 amide bonds. The van der Waals surface area contributed by atoms with Gasteiger partial charge in [0, 0.05) is 10.6 Å². The number of halogens is 2. The maximum absolute atomic E-state index is 13.5. The first-order chi connectivity index (χ1) is 6.79. The third kappa shape index (κ3) is 2.24. The van der Waals surface area contributed by atoms with Crippen LogP contribution in [-0.4, -0.2) is 12.2 Å². The molecular formula is C11H14ClFO2. The Hall–Kier alpha value is -0.800. The van der Waals surface area contributed by atoms with Gasteiger partial charge in [-0.3, -0.25) is 0 Å². The summed E-state index contributed by atoms with van der Waals surface area (Å²) in [5.41, 5.74) is -0.182. The minimum absolute atomic E-state index is 0.0457. The van der Waals surface area contributed by atoms with Crippen LogP contribution in [0.25, 0.3) is 0 Å². The molecule has 0 aliphatic heterocycles. The van der Waals surface area contributed by atoms with Crippen molar-refractivity contribution in [2.75, 3.05) is 7.11 Å². The summed E-state index contributed by atoms with van der Waals surface area (Å²) >= 11 is 5.85. The van der Waals surface area contributed by atoms with E-state index in [2.05, 4.69) is 0 Å². The van der Waals surface area contributed by atoms with Crippen molar-refractivity contribution in [2.24, 2.45) is 0 Å². The Bertz CT molecular complexity index is 383. The molecule has 0 aromatic heterocycles. The van der Waals surface area contributed by atoms with Crippen molar-refractivity contribution in [2.45, 2.75) is 26.4 Å². The molecule has 1 N–H and O–H groups in total. The summed E-state index contributed by atoms with van der Waals surface area (Å²) in [5.74, 6) is -0.519. The maximum atomic E-state index is 13.5. The Morgan fingerprint density at radius 2 is 2.00 bits per heavy atom. The molecule has 0 saturated carbocycles. The molecule has 0 heterocycles. The van der Waals surface area contributed by atoms with E-state index in [1.807, 2.05) is 0 Å². The zero-order valence-electron chi connectivity index (χ0n) is 9.19. The second-order valence-corrected chi connectivity index (χ2v) is 4.34. The number of hydrogen-bond donors (Lipinski definition) is 1. The standard InChI is InChI=1S/C11H14ClFO2/c1-6-7(12)5-8(13)10(15-4)9(6)11(2,3)14/h5,14H,1-4H3. The maximum Gasteiger partial charge on any atom is 0.166 e. The van der Waals surface area contributed by atoms with Crippen LogP contribution in [0.4, 0.5) is 4.39 Å². The Morgan fingerprint density at radius 1 is 1.47 bits per heavy atom. The normalized spacial score (nSPS) is 11.7. The van der Waals surface area contributed by atoms with E-state index in [1.54, 1.807) is 20.8 Å². The summed E-state index contributed by atoms with van der Waals surface area (Å²) in [6.07, 6.45) is 0. The van der Waals surface area contributed by atoms with Gasteiger partial charge >= 0.3 is 0 Å². The van der Waals surface area contributed by atoms with Crippen LogP contribution in [0.15, 0.2) is 6.07 Å². The quantitative estimate of drug-likeness (QED) is 0.850. The largest absolute Gasteiger partial charge is 0.493 e. The van der Waals surface area contributed by atoms with Crippen LogP contribution >= 0.6 is 11.6 Å². The van der Waals surface area contributed by atoms with Crippen molar-refractivity contribution in [1.29, 1.82) is 0 Å². The van der Waals surface area contributed by atoms with E-state index in [9.17, 15) is 9.50 Å². The molecule has 1 rings (SSSR count). The van der Waals surface area contributed by atoms with E-state index in [0.29, 0.717) is 11.1 Å². The Balaban J connectivity index is 3.59. The van der Waals surface area contributed by atoms with Gasteiger partial charge in [-0.05, 0) is 32.4 Å². The van der Waals surface area contributed by atoms with Gasteiger partial charge in [0.15, 0.2) is 11.6 Å². The molecule has 0 aliphatic carbocycles. The highest BCUT2D eigenvalue weighted by Crippen LogP contribution is 2.38. The first kappa shape index (κ1) is 12.3. The molecule has 1 aromatic carbocycles. The van der Waals surface area contributed by atoms with E-state index in [0.717, 1.165) is 0 Å². The lowest BCUT2D eigenvalue weighted by molar-refractivity contribution is 0.0742. The molecule has 0 bridgehead atoms. The summed E-state index contributed by atoms with van der Waals surface area (Å²) in [5, 5.41) is 10.2. The fraction of sp³-hybridized carbons (Fsp3) is 0.455. The minimum Gasteiger partial charge on any atom is -0.493 e. The molecule has 0 spiro atoms.